The third-order valence-electron chi connectivity index (χ3n) is 6.75. The molecule has 3 rings (SSSR count). The number of rotatable bonds is 14. The maximum absolute atomic E-state index is 13.2. The number of aldehydes is 1. The number of carbonyl (C=O) groups is 5. The lowest BCUT2D eigenvalue weighted by atomic mass is 9.94. The van der Waals surface area contributed by atoms with Crippen molar-refractivity contribution in [3.05, 3.63) is 16.6 Å². The van der Waals surface area contributed by atoms with Crippen LogP contribution in [-0.2, 0) is 19.2 Å². The maximum atomic E-state index is 13.2. The Morgan fingerprint density at radius 3 is 2.71 bits per heavy atom. The number of nitrogens with two attached hydrogens (primary N) is 2. The maximum Gasteiger partial charge on any atom is 0.246 e. The molecule has 2 atom stereocenters. The SMILES string of the molecule is NC(N)=NCCC[C@H](NC(=O)CN1CC(=O)N(CCC2CCNCC2)C(CC=O)C1=O)C(=O)c1nccs1. The van der Waals surface area contributed by atoms with Crippen molar-refractivity contribution in [2.24, 2.45) is 22.4 Å². The lowest BCUT2D eigenvalue weighted by molar-refractivity contribution is -0.157. The number of ketones is 1. The second-order valence-electron chi connectivity index (χ2n) is 9.45. The lowest BCUT2D eigenvalue weighted by Crippen LogP contribution is -2.62. The van der Waals surface area contributed by atoms with Gasteiger partial charge in [-0.3, -0.25) is 24.2 Å². The van der Waals surface area contributed by atoms with Gasteiger partial charge in [0, 0.05) is 31.1 Å². The molecule has 2 saturated heterocycles. The fourth-order valence-corrected chi connectivity index (χ4v) is 5.39. The molecule has 1 aromatic heterocycles. The van der Waals surface area contributed by atoms with Crippen LogP contribution in [0.25, 0.3) is 0 Å². The zero-order chi connectivity index (χ0) is 27.5. The number of hydrogen-bond acceptors (Lipinski definition) is 9. The number of piperidine rings is 1. The van der Waals surface area contributed by atoms with Crippen LogP contribution >= 0.6 is 11.3 Å². The minimum absolute atomic E-state index is 0.0696. The van der Waals surface area contributed by atoms with Crippen LogP contribution in [0.4, 0.5) is 0 Å². The number of carbonyl (C=O) groups excluding carboxylic acids is 5. The number of aromatic nitrogens is 1. The molecule has 2 aliphatic heterocycles. The molecule has 0 bridgehead atoms. The minimum Gasteiger partial charge on any atom is -0.370 e. The molecule has 3 heterocycles. The molecule has 3 amide bonds. The van der Waals surface area contributed by atoms with Gasteiger partial charge in [-0.1, -0.05) is 0 Å². The standard InChI is InChI=1S/C24H36N8O5S/c25-24(26)29-7-1-2-17(21(36)22-28-10-13-38-22)30-19(34)14-31-15-20(35)32(18(6-12-33)23(31)37)11-5-16-3-8-27-9-4-16/h10,12-13,16-18,27H,1-9,11,14-15H2,(H,30,34)(H4,25,26,29)/t17-,18?/m0/s1. The zero-order valence-corrected chi connectivity index (χ0v) is 22.2. The van der Waals surface area contributed by atoms with Crippen LogP contribution < -0.4 is 22.1 Å². The van der Waals surface area contributed by atoms with E-state index < -0.39 is 30.4 Å². The molecule has 13 nitrogen and oxygen atoms in total. The van der Waals surface area contributed by atoms with Gasteiger partial charge in [-0.25, -0.2) is 4.98 Å². The van der Waals surface area contributed by atoms with Gasteiger partial charge >= 0.3 is 0 Å². The molecule has 38 heavy (non-hydrogen) atoms. The van der Waals surface area contributed by atoms with Gasteiger partial charge in [-0.2, -0.15) is 0 Å². The molecular weight excluding hydrogens is 512 g/mol. The van der Waals surface area contributed by atoms with Gasteiger partial charge < -0.3 is 36.7 Å². The van der Waals surface area contributed by atoms with Crippen molar-refractivity contribution in [2.45, 2.75) is 50.6 Å². The van der Waals surface area contributed by atoms with Crippen molar-refractivity contribution in [3.8, 4) is 0 Å². The van der Waals surface area contributed by atoms with Crippen LogP contribution in [0.15, 0.2) is 16.6 Å². The predicted octanol–water partition coefficient (Wildman–Crippen LogP) is -1.12. The highest BCUT2D eigenvalue weighted by Gasteiger charge is 2.40. The average molecular weight is 549 g/mol. The number of amides is 3. The van der Waals surface area contributed by atoms with E-state index in [9.17, 15) is 24.0 Å². The second kappa shape index (κ2) is 14.5. The van der Waals surface area contributed by atoms with Crippen LogP contribution in [0.3, 0.4) is 0 Å². The van der Waals surface area contributed by atoms with Crippen molar-refractivity contribution < 1.29 is 24.0 Å². The van der Waals surface area contributed by atoms with Crippen molar-refractivity contribution >= 4 is 47.1 Å². The van der Waals surface area contributed by atoms with Gasteiger partial charge in [-0.05, 0) is 51.1 Å². The predicted molar refractivity (Wildman–Crippen MR) is 141 cm³/mol. The van der Waals surface area contributed by atoms with E-state index >= 15 is 0 Å². The fraction of sp³-hybridized carbons (Fsp3) is 0.625. The van der Waals surface area contributed by atoms with Gasteiger partial charge in [0.05, 0.1) is 6.04 Å². The molecule has 1 aromatic rings. The highest BCUT2D eigenvalue weighted by Crippen LogP contribution is 2.21. The lowest BCUT2D eigenvalue weighted by Gasteiger charge is -2.40. The Kier molecular flexibility index (Phi) is 11.1. The zero-order valence-electron chi connectivity index (χ0n) is 21.3. The van der Waals surface area contributed by atoms with E-state index in [1.807, 2.05) is 0 Å². The number of aliphatic imine (C=N–C) groups is 1. The van der Waals surface area contributed by atoms with Crippen LogP contribution in [0, 0.1) is 5.92 Å². The molecule has 0 saturated carbocycles. The van der Waals surface area contributed by atoms with E-state index in [4.69, 9.17) is 11.5 Å². The normalized spacial score (nSPS) is 19.2. The van der Waals surface area contributed by atoms with Crippen LogP contribution in [0.5, 0.6) is 0 Å². The summed E-state index contributed by atoms with van der Waals surface area (Å²) in [4.78, 5) is 73.9. The summed E-state index contributed by atoms with van der Waals surface area (Å²) >= 11 is 1.16. The first-order valence-corrected chi connectivity index (χ1v) is 13.7. The molecule has 1 unspecified atom stereocenters. The Balaban J connectivity index is 1.62. The molecule has 2 fully saturated rings. The Morgan fingerprint density at radius 1 is 1.29 bits per heavy atom. The summed E-state index contributed by atoms with van der Waals surface area (Å²) in [6.45, 7) is 1.87. The number of nitrogens with one attached hydrogen (secondary N) is 2. The minimum atomic E-state index is -0.935. The number of Topliss-reactive ketones (excluding diaryl/α,β-unsaturated/α-hetero) is 1. The molecule has 0 aliphatic carbocycles. The summed E-state index contributed by atoms with van der Waals surface area (Å²) < 4.78 is 0. The van der Waals surface area contributed by atoms with Gasteiger partial charge in [-0.15, -0.1) is 11.3 Å². The van der Waals surface area contributed by atoms with Gasteiger partial charge in [0.2, 0.25) is 23.5 Å². The van der Waals surface area contributed by atoms with Crippen molar-refractivity contribution in [1.82, 2.24) is 25.4 Å². The number of guanidine groups is 1. The molecule has 6 N–H and O–H groups in total. The first-order chi connectivity index (χ1) is 18.3. The van der Waals surface area contributed by atoms with Crippen molar-refractivity contribution in [3.63, 3.8) is 0 Å². The third kappa shape index (κ3) is 8.31. The van der Waals surface area contributed by atoms with E-state index in [1.54, 1.807) is 5.38 Å². The van der Waals surface area contributed by atoms with E-state index in [0.29, 0.717) is 25.2 Å². The number of nitrogens with zero attached hydrogens (tertiary/aromatic N) is 4. The summed E-state index contributed by atoms with van der Waals surface area (Å²) in [6.07, 6.45) is 5.44. The van der Waals surface area contributed by atoms with Crippen molar-refractivity contribution in [1.29, 1.82) is 0 Å². The Bertz CT molecular complexity index is 1010. The van der Waals surface area contributed by atoms with Crippen LogP contribution in [-0.4, -0.2) is 102 Å². The fourth-order valence-electron chi connectivity index (χ4n) is 4.76. The molecule has 14 heteroatoms. The van der Waals surface area contributed by atoms with E-state index in [1.165, 1.54) is 11.1 Å². The Hall–Kier alpha value is -3.39. The number of piperazine rings is 1. The first-order valence-electron chi connectivity index (χ1n) is 12.8. The summed E-state index contributed by atoms with van der Waals surface area (Å²) in [5, 5.41) is 7.89. The van der Waals surface area contributed by atoms with Gasteiger partial charge in [0.15, 0.2) is 11.0 Å². The Labute approximate surface area is 225 Å². The molecule has 2 aliphatic rings. The topological polar surface area (TPSA) is 193 Å². The van der Waals surface area contributed by atoms with E-state index in [-0.39, 0.29) is 48.6 Å². The summed E-state index contributed by atoms with van der Waals surface area (Å²) in [6, 6.07) is -1.83. The first kappa shape index (κ1) is 29.2. The highest BCUT2D eigenvalue weighted by molar-refractivity contribution is 7.11. The van der Waals surface area contributed by atoms with Crippen molar-refractivity contribution in [2.75, 3.05) is 39.3 Å². The molecule has 0 radical (unpaired) electrons. The Morgan fingerprint density at radius 2 is 2.05 bits per heavy atom. The highest BCUT2D eigenvalue weighted by atomic mass is 32.1. The summed E-state index contributed by atoms with van der Waals surface area (Å²) in [5.74, 6) is -1.31. The van der Waals surface area contributed by atoms with E-state index in [2.05, 4.69) is 20.6 Å². The number of thiazole rings is 1. The molecular formula is C24H36N8O5S. The largest absolute Gasteiger partial charge is 0.370 e. The summed E-state index contributed by atoms with van der Waals surface area (Å²) in [7, 11) is 0. The van der Waals surface area contributed by atoms with Gasteiger partial charge in [0.25, 0.3) is 0 Å². The quantitative estimate of drug-likeness (QED) is 0.0732. The summed E-state index contributed by atoms with van der Waals surface area (Å²) in [5.41, 5.74) is 10.7. The van der Waals surface area contributed by atoms with E-state index in [0.717, 1.165) is 48.6 Å². The molecule has 0 spiro atoms. The van der Waals surface area contributed by atoms with Crippen LogP contribution in [0.1, 0.15) is 48.3 Å². The third-order valence-corrected chi connectivity index (χ3v) is 7.54. The monoisotopic (exact) mass is 548 g/mol. The van der Waals surface area contributed by atoms with Crippen LogP contribution in [0.2, 0.25) is 0 Å². The molecule has 0 aromatic carbocycles. The molecule has 208 valence electrons. The number of hydrogen-bond donors (Lipinski definition) is 4. The second-order valence-corrected chi connectivity index (χ2v) is 10.3. The average Bonchev–Trinajstić information content (AvgIpc) is 3.43. The van der Waals surface area contributed by atoms with Gasteiger partial charge in [0.1, 0.15) is 25.4 Å². The smallest absolute Gasteiger partial charge is 0.246 e.